The first-order valence-corrected chi connectivity index (χ1v) is 16.1. The number of benzene rings is 2. The molecular formula is C33H33F5N6O5S. The Balaban J connectivity index is 1.69. The number of nitrogens with zero attached hydrogens (tertiary/aromatic N) is 4. The normalized spacial score (nSPS) is 15.7. The Morgan fingerprint density at radius 1 is 1.08 bits per heavy atom. The van der Waals surface area contributed by atoms with E-state index >= 15 is 8.78 Å². The number of fused-ring (bicyclic) bond motifs is 2. The number of carbonyl (C=O) groups excluding carboxylic acids is 2. The second kappa shape index (κ2) is 12.7. The van der Waals surface area contributed by atoms with Gasteiger partial charge in [0, 0.05) is 42.0 Å². The van der Waals surface area contributed by atoms with E-state index in [1.54, 1.807) is 54.5 Å². The first-order chi connectivity index (χ1) is 23.1. The Kier molecular flexibility index (Phi) is 9.24. The highest BCUT2D eigenvalue weighted by atomic mass is 32.1. The van der Waals surface area contributed by atoms with Crippen molar-refractivity contribution in [3.63, 3.8) is 0 Å². The molecule has 1 aliphatic heterocycles. The molecule has 5 rings (SSSR count). The van der Waals surface area contributed by atoms with Crippen LogP contribution < -0.4 is 15.9 Å². The van der Waals surface area contributed by atoms with Crippen LogP contribution in [0.3, 0.4) is 0 Å². The SMILES string of the molecule is CC1CN(c2nc(=O)[nH]c3c(F)c(-c4ccc(F)c5sc(NC(=O)OC(C)(C)C)c(C#N)c45)c(C(F)(F)F)cc23)CCN1C(=O)OC(C)(C)C. The minimum Gasteiger partial charge on any atom is -0.444 e. The van der Waals surface area contributed by atoms with Crippen molar-refractivity contribution in [2.75, 3.05) is 29.9 Å². The van der Waals surface area contributed by atoms with Crippen molar-refractivity contribution < 1.29 is 41.0 Å². The number of H-pyrrole nitrogens is 1. The quantitative estimate of drug-likeness (QED) is 0.205. The number of alkyl halides is 3. The minimum absolute atomic E-state index is 0.0297. The van der Waals surface area contributed by atoms with Gasteiger partial charge in [-0.05, 0) is 66.2 Å². The molecule has 11 nitrogen and oxygen atoms in total. The van der Waals surface area contributed by atoms with Crippen LogP contribution in [0.5, 0.6) is 0 Å². The number of piperazine rings is 1. The lowest BCUT2D eigenvalue weighted by Crippen LogP contribution is -2.55. The van der Waals surface area contributed by atoms with Crippen molar-refractivity contribution in [1.82, 2.24) is 14.9 Å². The summed E-state index contributed by atoms with van der Waals surface area (Å²) in [5, 5.41) is 11.4. The summed E-state index contributed by atoms with van der Waals surface area (Å²) in [6.07, 6.45) is -6.79. The predicted molar refractivity (Wildman–Crippen MR) is 177 cm³/mol. The van der Waals surface area contributed by atoms with Gasteiger partial charge in [-0.25, -0.2) is 23.2 Å². The maximum atomic E-state index is 16.7. The van der Waals surface area contributed by atoms with Crippen LogP contribution in [0.1, 0.15) is 59.6 Å². The molecule has 2 amide bonds. The molecule has 2 aromatic heterocycles. The number of carbonyl (C=O) groups is 2. The van der Waals surface area contributed by atoms with Gasteiger partial charge < -0.3 is 24.3 Å². The van der Waals surface area contributed by atoms with Gasteiger partial charge in [-0.1, -0.05) is 6.07 Å². The fraction of sp³-hybridized carbons (Fsp3) is 0.424. The molecule has 1 saturated heterocycles. The van der Waals surface area contributed by atoms with Crippen LogP contribution in [-0.4, -0.2) is 63.9 Å². The van der Waals surface area contributed by atoms with Gasteiger partial charge in [-0.2, -0.15) is 23.4 Å². The van der Waals surface area contributed by atoms with Crippen LogP contribution in [0.2, 0.25) is 0 Å². The Hall–Kier alpha value is -4.98. The molecule has 50 heavy (non-hydrogen) atoms. The van der Waals surface area contributed by atoms with Gasteiger partial charge in [0.2, 0.25) is 0 Å². The number of anilines is 2. The number of aromatic amines is 1. The predicted octanol–water partition coefficient (Wildman–Crippen LogP) is 7.77. The van der Waals surface area contributed by atoms with E-state index in [2.05, 4.69) is 15.3 Å². The smallest absolute Gasteiger partial charge is 0.417 e. The summed E-state index contributed by atoms with van der Waals surface area (Å²) in [4.78, 5) is 47.1. The zero-order chi connectivity index (χ0) is 37.1. The number of aromatic nitrogens is 2. The number of hydrogen-bond donors (Lipinski definition) is 2. The van der Waals surface area contributed by atoms with Crippen LogP contribution in [0.4, 0.5) is 42.4 Å². The number of halogens is 5. The van der Waals surface area contributed by atoms with Crippen molar-refractivity contribution in [2.24, 2.45) is 0 Å². The lowest BCUT2D eigenvalue weighted by atomic mass is 9.92. The van der Waals surface area contributed by atoms with Gasteiger partial charge in [0.1, 0.15) is 33.9 Å². The maximum absolute atomic E-state index is 16.7. The molecule has 2 N–H and O–H groups in total. The summed E-state index contributed by atoms with van der Waals surface area (Å²) in [6, 6.07) is 3.63. The van der Waals surface area contributed by atoms with Crippen LogP contribution in [0.15, 0.2) is 23.0 Å². The third-order valence-electron chi connectivity index (χ3n) is 7.59. The van der Waals surface area contributed by atoms with Crippen LogP contribution in [-0.2, 0) is 15.7 Å². The fourth-order valence-corrected chi connectivity index (χ4v) is 6.75. The van der Waals surface area contributed by atoms with E-state index in [1.807, 2.05) is 0 Å². The van der Waals surface area contributed by atoms with Gasteiger partial charge in [0.05, 0.1) is 21.3 Å². The molecule has 2 aromatic carbocycles. The van der Waals surface area contributed by atoms with Gasteiger partial charge in [0.25, 0.3) is 0 Å². The van der Waals surface area contributed by atoms with Crippen molar-refractivity contribution >= 4 is 55.3 Å². The minimum atomic E-state index is -5.19. The molecule has 1 atom stereocenters. The third kappa shape index (κ3) is 7.16. The average Bonchev–Trinajstić information content (AvgIpc) is 3.33. The monoisotopic (exact) mass is 720 g/mol. The molecule has 1 unspecified atom stereocenters. The molecular weight excluding hydrogens is 687 g/mol. The summed E-state index contributed by atoms with van der Waals surface area (Å²) in [5.74, 6) is -2.67. The van der Waals surface area contributed by atoms with Crippen LogP contribution >= 0.6 is 11.3 Å². The third-order valence-corrected chi connectivity index (χ3v) is 8.71. The van der Waals surface area contributed by atoms with Crippen LogP contribution in [0.25, 0.3) is 32.1 Å². The van der Waals surface area contributed by atoms with E-state index in [9.17, 15) is 32.8 Å². The van der Waals surface area contributed by atoms with Gasteiger partial charge in [-0.3, -0.25) is 5.32 Å². The number of rotatable bonds is 3. The van der Waals surface area contributed by atoms with E-state index < -0.39 is 80.7 Å². The lowest BCUT2D eigenvalue weighted by Gasteiger charge is -2.40. The largest absolute Gasteiger partial charge is 0.444 e. The Bertz CT molecular complexity index is 2130. The van der Waals surface area contributed by atoms with E-state index in [1.165, 1.54) is 9.80 Å². The molecule has 0 radical (unpaired) electrons. The van der Waals surface area contributed by atoms with E-state index in [4.69, 9.17) is 9.47 Å². The fourth-order valence-electron chi connectivity index (χ4n) is 5.68. The van der Waals surface area contributed by atoms with E-state index in [0.717, 1.165) is 12.1 Å². The number of hydrogen-bond acceptors (Lipinski definition) is 9. The zero-order valence-electron chi connectivity index (χ0n) is 28.1. The molecule has 17 heteroatoms. The second-order valence-electron chi connectivity index (χ2n) is 13.7. The highest BCUT2D eigenvalue weighted by Gasteiger charge is 2.39. The molecule has 0 spiro atoms. The van der Waals surface area contributed by atoms with Crippen molar-refractivity contribution in [3.05, 3.63) is 51.4 Å². The van der Waals surface area contributed by atoms with Crippen molar-refractivity contribution in [2.45, 2.75) is 71.9 Å². The first-order valence-electron chi connectivity index (χ1n) is 15.3. The first kappa shape index (κ1) is 36.3. The van der Waals surface area contributed by atoms with Gasteiger partial charge >= 0.3 is 24.1 Å². The van der Waals surface area contributed by atoms with Gasteiger partial charge in [-0.15, -0.1) is 11.3 Å². The van der Waals surface area contributed by atoms with E-state index in [-0.39, 0.29) is 45.9 Å². The molecule has 266 valence electrons. The Morgan fingerprint density at radius 2 is 1.74 bits per heavy atom. The summed E-state index contributed by atoms with van der Waals surface area (Å²) in [6.45, 7) is 11.7. The number of amides is 2. The highest BCUT2D eigenvalue weighted by molar-refractivity contribution is 7.23. The molecule has 1 fully saturated rings. The maximum Gasteiger partial charge on any atom is 0.417 e. The highest BCUT2D eigenvalue weighted by Crippen LogP contribution is 2.48. The molecule has 3 heterocycles. The summed E-state index contributed by atoms with van der Waals surface area (Å²) in [5.41, 5.74) is -6.84. The van der Waals surface area contributed by atoms with Crippen molar-refractivity contribution in [1.29, 1.82) is 5.26 Å². The molecule has 4 aromatic rings. The molecule has 0 saturated carbocycles. The summed E-state index contributed by atoms with van der Waals surface area (Å²) >= 11 is 0.565. The Labute approximate surface area is 286 Å². The zero-order valence-corrected chi connectivity index (χ0v) is 28.9. The lowest BCUT2D eigenvalue weighted by molar-refractivity contribution is -0.137. The number of ether oxygens (including phenoxy) is 2. The number of nitriles is 1. The van der Waals surface area contributed by atoms with E-state index in [0.29, 0.717) is 17.4 Å². The van der Waals surface area contributed by atoms with Gasteiger partial charge in [0.15, 0.2) is 5.82 Å². The van der Waals surface area contributed by atoms with Crippen molar-refractivity contribution in [3.8, 4) is 17.2 Å². The number of thiophene rings is 1. The molecule has 0 bridgehead atoms. The number of nitrogens with one attached hydrogen (secondary N) is 2. The molecule has 0 aliphatic carbocycles. The topological polar surface area (TPSA) is 141 Å². The summed E-state index contributed by atoms with van der Waals surface area (Å²) < 4.78 is 86.8. The summed E-state index contributed by atoms with van der Waals surface area (Å²) in [7, 11) is 0. The molecule has 1 aliphatic rings. The second-order valence-corrected chi connectivity index (χ2v) is 14.7. The van der Waals surface area contributed by atoms with Crippen LogP contribution in [0, 0.1) is 23.0 Å². The standard InChI is InChI=1S/C33H33F5N6O5S/c1-15-14-43(10-11-44(15)30(47)49-32(5,6)7)26-17-12-19(33(36,37)38)22(23(35)24(17)40-28(45)41-26)16-8-9-20(34)25-21(16)18(13-39)27(50-25)42-29(46)48-31(2,3)4/h8-9,12,15H,10-11,14H2,1-7H3,(H,42,46)(H,40,41,45). The average molecular weight is 721 g/mol. The Morgan fingerprint density at radius 3 is 2.32 bits per heavy atom.